The Morgan fingerprint density at radius 1 is 1.29 bits per heavy atom. The van der Waals surface area contributed by atoms with E-state index in [-0.39, 0.29) is 17.7 Å². The molecule has 0 bridgehead atoms. The lowest BCUT2D eigenvalue weighted by atomic mass is 9.95. The van der Waals surface area contributed by atoms with Crippen molar-refractivity contribution in [3.8, 4) is 5.75 Å². The second kappa shape index (κ2) is 6.99. The molecule has 0 heterocycles. The molecule has 2 N–H and O–H groups in total. The molecule has 3 nitrogen and oxygen atoms in total. The number of hydrogen-bond acceptors (Lipinski definition) is 3. The fourth-order valence-corrected chi connectivity index (χ4v) is 2.74. The number of aliphatic hydroxyl groups excluding tert-OH is 1. The van der Waals surface area contributed by atoms with Crippen LogP contribution in [0.15, 0.2) is 18.2 Å². The van der Waals surface area contributed by atoms with Gasteiger partial charge >= 0.3 is 0 Å². The Morgan fingerprint density at radius 3 is 2.62 bits per heavy atom. The molecule has 118 valence electrons. The summed E-state index contributed by atoms with van der Waals surface area (Å²) in [6, 6.07) is 5.86. The normalized spacial score (nSPS) is 23.1. The van der Waals surface area contributed by atoms with E-state index >= 15 is 0 Å². The lowest BCUT2D eigenvalue weighted by Crippen LogP contribution is -2.35. The number of aliphatic hydroxyl groups is 1. The molecule has 1 aliphatic rings. The summed E-state index contributed by atoms with van der Waals surface area (Å²) in [4.78, 5) is 0. The first-order chi connectivity index (χ1) is 9.85. The van der Waals surface area contributed by atoms with Crippen molar-refractivity contribution in [3.05, 3.63) is 28.8 Å². The Bertz CT molecular complexity index is 470. The third-order valence-electron chi connectivity index (χ3n) is 3.77. The quantitative estimate of drug-likeness (QED) is 0.886. The van der Waals surface area contributed by atoms with E-state index in [1.54, 1.807) is 0 Å². The van der Waals surface area contributed by atoms with Crippen LogP contribution in [0.5, 0.6) is 5.75 Å². The molecule has 4 heteroatoms. The first-order valence-electron chi connectivity index (χ1n) is 7.73. The van der Waals surface area contributed by atoms with Crippen LogP contribution < -0.4 is 10.1 Å². The van der Waals surface area contributed by atoms with Crippen molar-refractivity contribution in [2.75, 3.05) is 0 Å². The van der Waals surface area contributed by atoms with Crippen LogP contribution >= 0.6 is 11.6 Å². The molecule has 0 amide bonds. The smallest absolute Gasteiger partial charge is 0.138 e. The Kier molecular flexibility index (Phi) is 5.53. The van der Waals surface area contributed by atoms with Crippen molar-refractivity contribution >= 4 is 11.6 Å². The van der Waals surface area contributed by atoms with Gasteiger partial charge in [0.05, 0.1) is 11.1 Å². The molecule has 0 saturated heterocycles. The number of nitrogens with one attached hydrogen (secondary N) is 1. The zero-order chi connectivity index (χ0) is 15.5. The van der Waals surface area contributed by atoms with Gasteiger partial charge in [-0.25, -0.2) is 0 Å². The van der Waals surface area contributed by atoms with E-state index in [0.717, 1.165) is 37.8 Å². The van der Waals surface area contributed by atoms with Gasteiger partial charge in [-0.3, -0.25) is 0 Å². The van der Waals surface area contributed by atoms with E-state index in [0.29, 0.717) is 10.8 Å². The van der Waals surface area contributed by atoms with Gasteiger partial charge in [0.25, 0.3) is 0 Å². The summed E-state index contributed by atoms with van der Waals surface area (Å²) >= 11 is 6.31. The number of hydrogen-bond donors (Lipinski definition) is 2. The van der Waals surface area contributed by atoms with E-state index in [1.165, 1.54) is 0 Å². The predicted octanol–water partition coefficient (Wildman–Crippen LogP) is 3.91. The van der Waals surface area contributed by atoms with Crippen LogP contribution in [0.4, 0.5) is 0 Å². The first kappa shape index (κ1) is 16.6. The molecule has 2 rings (SSSR count). The molecular weight excluding hydrogens is 286 g/mol. The molecule has 21 heavy (non-hydrogen) atoms. The average molecular weight is 312 g/mol. The highest BCUT2D eigenvalue weighted by Crippen LogP contribution is 2.30. The second-order valence-electron chi connectivity index (χ2n) is 6.88. The van der Waals surface area contributed by atoms with Gasteiger partial charge < -0.3 is 15.2 Å². The molecule has 2 unspecified atom stereocenters. The van der Waals surface area contributed by atoms with Crippen molar-refractivity contribution in [2.24, 2.45) is 0 Å². The summed E-state index contributed by atoms with van der Waals surface area (Å²) < 4.78 is 5.90. The van der Waals surface area contributed by atoms with E-state index in [1.807, 2.05) is 18.2 Å². The van der Waals surface area contributed by atoms with Gasteiger partial charge in [-0.15, -0.1) is 0 Å². The molecule has 1 aliphatic carbocycles. The van der Waals surface area contributed by atoms with Crippen molar-refractivity contribution in [2.45, 2.75) is 70.7 Å². The molecule has 1 saturated carbocycles. The van der Waals surface area contributed by atoms with Crippen molar-refractivity contribution in [1.82, 2.24) is 5.32 Å². The van der Waals surface area contributed by atoms with E-state index in [4.69, 9.17) is 16.3 Å². The SMILES string of the molecule is CC(C)(C)NCc1ccc(OC2CCCCC2O)c(Cl)c1. The molecule has 2 atom stereocenters. The minimum atomic E-state index is -0.378. The summed E-state index contributed by atoms with van der Waals surface area (Å²) in [5, 5.41) is 14.0. The van der Waals surface area contributed by atoms with Crippen LogP contribution in [0.1, 0.15) is 52.0 Å². The van der Waals surface area contributed by atoms with Gasteiger partial charge in [-0.05, 0) is 57.7 Å². The highest BCUT2D eigenvalue weighted by atomic mass is 35.5. The average Bonchev–Trinajstić information content (AvgIpc) is 2.41. The predicted molar refractivity (Wildman–Crippen MR) is 86.9 cm³/mol. The zero-order valence-corrected chi connectivity index (χ0v) is 13.9. The lowest BCUT2D eigenvalue weighted by molar-refractivity contribution is 0.00692. The van der Waals surface area contributed by atoms with Crippen LogP contribution in [0.2, 0.25) is 5.02 Å². The highest BCUT2D eigenvalue weighted by Gasteiger charge is 2.25. The molecule has 0 aromatic heterocycles. The minimum Gasteiger partial charge on any atom is -0.486 e. The molecule has 0 aliphatic heterocycles. The number of rotatable bonds is 4. The molecular formula is C17H26ClNO2. The molecule has 1 aromatic rings. The first-order valence-corrected chi connectivity index (χ1v) is 8.11. The third-order valence-corrected chi connectivity index (χ3v) is 4.06. The Morgan fingerprint density at radius 2 is 2.00 bits per heavy atom. The monoisotopic (exact) mass is 311 g/mol. The maximum Gasteiger partial charge on any atom is 0.138 e. The van der Waals surface area contributed by atoms with Gasteiger partial charge in [-0.1, -0.05) is 24.1 Å². The topological polar surface area (TPSA) is 41.5 Å². The molecule has 0 radical (unpaired) electrons. The van der Waals surface area contributed by atoms with Gasteiger partial charge in [0.15, 0.2) is 0 Å². The van der Waals surface area contributed by atoms with Crippen LogP contribution in [0, 0.1) is 0 Å². The molecule has 1 aromatic carbocycles. The summed E-state index contributed by atoms with van der Waals surface area (Å²) in [5.41, 5.74) is 1.21. The van der Waals surface area contributed by atoms with Gasteiger partial charge in [0, 0.05) is 12.1 Å². The maximum atomic E-state index is 9.97. The number of ether oxygens (including phenoxy) is 1. The van der Waals surface area contributed by atoms with Crippen LogP contribution in [-0.2, 0) is 6.54 Å². The summed E-state index contributed by atoms with van der Waals surface area (Å²) in [6.45, 7) is 7.18. The number of benzene rings is 1. The third kappa shape index (κ3) is 5.17. The minimum absolute atomic E-state index is 0.0772. The second-order valence-corrected chi connectivity index (χ2v) is 7.28. The Hall–Kier alpha value is -0.770. The van der Waals surface area contributed by atoms with Gasteiger partial charge in [0.1, 0.15) is 11.9 Å². The molecule has 0 spiro atoms. The summed E-state index contributed by atoms with van der Waals surface area (Å²) in [5.74, 6) is 0.669. The number of halogens is 1. The van der Waals surface area contributed by atoms with Crippen LogP contribution in [0.3, 0.4) is 0 Å². The van der Waals surface area contributed by atoms with E-state index in [9.17, 15) is 5.11 Å². The Balaban J connectivity index is 1.98. The maximum absolute atomic E-state index is 9.97. The fraction of sp³-hybridized carbons (Fsp3) is 0.647. The van der Waals surface area contributed by atoms with Crippen LogP contribution in [-0.4, -0.2) is 22.9 Å². The summed E-state index contributed by atoms with van der Waals surface area (Å²) in [7, 11) is 0. The lowest BCUT2D eigenvalue weighted by Gasteiger charge is -2.28. The molecule has 1 fully saturated rings. The fourth-order valence-electron chi connectivity index (χ4n) is 2.49. The van der Waals surface area contributed by atoms with Crippen LogP contribution in [0.25, 0.3) is 0 Å². The van der Waals surface area contributed by atoms with Crippen molar-refractivity contribution in [3.63, 3.8) is 0 Å². The zero-order valence-electron chi connectivity index (χ0n) is 13.2. The van der Waals surface area contributed by atoms with Gasteiger partial charge in [0.2, 0.25) is 0 Å². The Labute approximate surface area is 132 Å². The van der Waals surface area contributed by atoms with Gasteiger partial charge in [-0.2, -0.15) is 0 Å². The highest BCUT2D eigenvalue weighted by molar-refractivity contribution is 6.32. The van der Waals surface area contributed by atoms with E-state index < -0.39 is 0 Å². The summed E-state index contributed by atoms with van der Waals surface area (Å²) in [6.07, 6.45) is 3.38. The standard InChI is InChI=1S/C17H26ClNO2/c1-17(2,3)19-11-12-8-9-15(13(18)10-12)21-16-7-5-4-6-14(16)20/h8-10,14,16,19-20H,4-7,11H2,1-3H3. The van der Waals surface area contributed by atoms with Crippen molar-refractivity contribution < 1.29 is 9.84 Å². The van der Waals surface area contributed by atoms with Crippen molar-refractivity contribution in [1.29, 1.82) is 0 Å². The largest absolute Gasteiger partial charge is 0.486 e. The van der Waals surface area contributed by atoms with E-state index in [2.05, 4.69) is 26.1 Å².